The molecule has 0 saturated carbocycles. The van der Waals surface area contributed by atoms with E-state index in [0.29, 0.717) is 0 Å². The van der Waals surface area contributed by atoms with Gasteiger partial charge in [-0.3, -0.25) is 15.1 Å². The summed E-state index contributed by atoms with van der Waals surface area (Å²) in [7, 11) is 4.00. The van der Waals surface area contributed by atoms with E-state index in [-0.39, 0.29) is 11.3 Å². The number of thiophene rings is 1. The van der Waals surface area contributed by atoms with Gasteiger partial charge in [-0.15, -0.1) is 11.3 Å². The fraction of sp³-hybridized carbons (Fsp3) is 0.125. The molecule has 0 amide bonds. The monoisotopic (exact) mass is 457 g/mol. The standard InChI is InChI=1S/C24H20FN7S/c1-32(2)15-7-14(9-26-10-15)13-3-4-18-16(8-13)23(31-30-18)24-28-19-12-27-11-17(22(19)29-24)20-5-6-21(25)33-20/h3-12,24,28-29H,1-2H3,(H,30,31). The van der Waals surface area contributed by atoms with Crippen molar-refractivity contribution >= 4 is 39.3 Å². The molecule has 5 aromatic rings. The van der Waals surface area contributed by atoms with E-state index >= 15 is 0 Å². The zero-order valence-electron chi connectivity index (χ0n) is 17.9. The molecule has 33 heavy (non-hydrogen) atoms. The molecular weight excluding hydrogens is 437 g/mol. The Bertz CT molecular complexity index is 1490. The lowest BCUT2D eigenvalue weighted by Gasteiger charge is -2.13. The summed E-state index contributed by atoms with van der Waals surface area (Å²) >= 11 is 1.11. The molecule has 9 heteroatoms. The minimum atomic E-state index is -0.223. The third-order valence-electron chi connectivity index (χ3n) is 5.82. The number of rotatable bonds is 4. The predicted molar refractivity (Wildman–Crippen MR) is 131 cm³/mol. The van der Waals surface area contributed by atoms with Crippen LogP contribution in [0.15, 0.2) is 61.2 Å². The number of aromatic nitrogens is 4. The van der Waals surface area contributed by atoms with Crippen molar-refractivity contribution in [2.24, 2.45) is 0 Å². The van der Waals surface area contributed by atoms with E-state index in [0.717, 1.165) is 66.6 Å². The van der Waals surface area contributed by atoms with Gasteiger partial charge in [0.15, 0.2) is 5.13 Å². The van der Waals surface area contributed by atoms with Crippen LogP contribution in [-0.4, -0.2) is 34.3 Å². The first kappa shape index (κ1) is 19.7. The quantitative estimate of drug-likeness (QED) is 0.331. The number of nitrogens with zero attached hydrogens (tertiary/aromatic N) is 4. The van der Waals surface area contributed by atoms with Crippen molar-refractivity contribution in [1.82, 2.24) is 20.2 Å². The van der Waals surface area contributed by atoms with Gasteiger partial charge in [0.05, 0.1) is 40.7 Å². The number of aromatic amines is 1. The van der Waals surface area contributed by atoms with Crippen LogP contribution in [0.3, 0.4) is 0 Å². The Morgan fingerprint density at radius 3 is 2.64 bits per heavy atom. The first-order chi connectivity index (χ1) is 16.1. The number of nitrogens with one attached hydrogen (secondary N) is 3. The van der Waals surface area contributed by atoms with Crippen molar-refractivity contribution in [2.45, 2.75) is 6.17 Å². The number of hydrogen-bond donors (Lipinski definition) is 3. The number of H-pyrrole nitrogens is 1. The van der Waals surface area contributed by atoms with E-state index in [9.17, 15) is 4.39 Å². The fourth-order valence-corrected chi connectivity index (χ4v) is 4.86. The Kier molecular flexibility index (Phi) is 4.51. The summed E-state index contributed by atoms with van der Waals surface area (Å²) in [5.74, 6) is 0. The molecule has 4 aromatic heterocycles. The maximum absolute atomic E-state index is 13.6. The molecule has 0 saturated heterocycles. The minimum absolute atomic E-state index is 0.218. The van der Waals surface area contributed by atoms with Crippen LogP contribution in [-0.2, 0) is 0 Å². The Morgan fingerprint density at radius 2 is 1.82 bits per heavy atom. The highest BCUT2D eigenvalue weighted by Crippen LogP contribution is 2.44. The van der Waals surface area contributed by atoms with Crippen LogP contribution in [0.25, 0.3) is 32.5 Å². The lowest BCUT2D eigenvalue weighted by atomic mass is 10.0. The van der Waals surface area contributed by atoms with Gasteiger partial charge in [0.25, 0.3) is 0 Å². The van der Waals surface area contributed by atoms with Crippen LogP contribution in [0.4, 0.5) is 21.5 Å². The molecule has 164 valence electrons. The Hall–Kier alpha value is -3.98. The maximum atomic E-state index is 13.6. The lowest BCUT2D eigenvalue weighted by Crippen LogP contribution is -2.13. The second-order valence-electron chi connectivity index (χ2n) is 8.13. The summed E-state index contributed by atoms with van der Waals surface area (Å²) in [6.07, 6.45) is 7.03. The van der Waals surface area contributed by atoms with E-state index in [2.05, 4.69) is 49.0 Å². The molecular formula is C24H20FN7S. The number of benzene rings is 1. The van der Waals surface area contributed by atoms with Crippen LogP contribution in [0.5, 0.6) is 0 Å². The van der Waals surface area contributed by atoms with Crippen LogP contribution in [0, 0.1) is 5.13 Å². The first-order valence-electron chi connectivity index (χ1n) is 10.4. The predicted octanol–water partition coefficient (Wildman–Crippen LogP) is 5.49. The van der Waals surface area contributed by atoms with Crippen LogP contribution in [0.1, 0.15) is 11.9 Å². The highest BCUT2D eigenvalue weighted by molar-refractivity contribution is 7.14. The topological polar surface area (TPSA) is 81.8 Å². The van der Waals surface area contributed by atoms with E-state index in [4.69, 9.17) is 0 Å². The van der Waals surface area contributed by atoms with Crippen LogP contribution in [0.2, 0.25) is 0 Å². The second-order valence-corrected chi connectivity index (χ2v) is 9.16. The van der Waals surface area contributed by atoms with E-state index in [1.165, 1.54) is 6.07 Å². The maximum Gasteiger partial charge on any atom is 0.176 e. The molecule has 6 rings (SSSR count). The Labute approximate surface area is 193 Å². The van der Waals surface area contributed by atoms with Gasteiger partial charge >= 0.3 is 0 Å². The van der Waals surface area contributed by atoms with Crippen LogP contribution < -0.4 is 15.5 Å². The number of pyridine rings is 2. The SMILES string of the molecule is CN(C)c1cncc(-c2ccc3n[nH]c(C4Nc5cncc(-c6ccc(F)s6)c5N4)c3c2)c1. The van der Waals surface area contributed by atoms with E-state index in [1.54, 1.807) is 18.5 Å². The highest BCUT2D eigenvalue weighted by Gasteiger charge is 2.27. The molecule has 1 unspecified atom stereocenters. The Balaban J connectivity index is 1.38. The number of fused-ring (bicyclic) bond motifs is 2. The summed E-state index contributed by atoms with van der Waals surface area (Å²) in [5, 5.41) is 15.5. The van der Waals surface area contributed by atoms with E-state index in [1.807, 2.05) is 37.5 Å². The third kappa shape index (κ3) is 3.37. The molecule has 1 aliphatic rings. The van der Waals surface area contributed by atoms with Crippen LogP contribution >= 0.6 is 11.3 Å². The van der Waals surface area contributed by atoms with Crippen molar-refractivity contribution < 1.29 is 4.39 Å². The number of anilines is 3. The summed E-state index contributed by atoms with van der Waals surface area (Å²) in [4.78, 5) is 11.6. The van der Waals surface area contributed by atoms with Gasteiger partial charge < -0.3 is 15.5 Å². The van der Waals surface area contributed by atoms with Gasteiger partial charge in [0.1, 0.15) is 6.17 Å². The van der Waals surface area contributed by atoms with Gasteiger partial charge in [0.2, 0.25) is 0 Å². The summed E-state index contributed by atoms with van der Waals surface area (Å²) in [6.45, 7) is 0. The molecule has 1 atom stereocenters. The summed E-state index contributed by atoms with van der Waals surface area (Å²) in [5.41, 5.74) is 7.58. The van der Waals surface area contributed by atoms with Crippen molar-refractivity contribution in [1.29, 1.82) is 0 Å². The zero-order valence-corrected chi connectivity index (χ0v) is 18.7. The second kappa shape index (κ2) is 7.56. The average molecular weight is 458 g/mol. The molecule has 7 nitrogen and oxygen atoms in total. The van der Waals surface area contributed by atoms with Crippen molar-refractivity contribution in [3.05, 3.63) is 72.0 Å². The molecule has 0 spiro atoms. The molecule has 0 fully saturated rings. The first-order valence-corrected chi connectivity index (χ1v) is 11.3. The molecule has 1 aromatic carbocycles. The highest BCUT2D eigenvalue weighted by atomic mass is 32.1. The number of hydrogen-bond acceptors (Lipinski definition) is 7. The third-order valence-corrected chi connectivity index (χ3v) is 6.73. The summed E-state index contributed by atoms with van der Waals surface area (Å²) in [6, 6.07) is 11.6. The van der Waals surface area contributed by atoms with Crippen molar-refractivity contribution in [3.63, 3.8) is 0 Å². The van der Waals surface area contributed by atoms with Gasteiger partial charge in [-0.2, -0.15) is 9.49 Å². The smallest absolute Gasteiger partial charge is 0.176 e. The minimum Gasteiger partial charge on any atom is -0.376 e. The zero-order chi connectivity index (χ0) is 22.5. The fourth-order valence-electron chi connectivity index (χ4n) is 4.11. The average Bonchev–Trinajstić information content (AvgIpc) is 3.55. The Morgan fingerprint density at radius 1 is 0.939 bits per heavy atom. The summed E-state index contributed by atoms with van der Waals surface area (Å²) < 4.78 is 13.6. The molecule has 0 bridgehead atoms. The normalized spacial score (nSPS) is 14.7. The van der Waals surface area contributed by atoms with E-state index < -0.39 is 0 Å². The number of halogens is 1. The largest absolute Gasteiger partial charge is 0.376 e. The molecule has 3 N–H and O–H groups in total. The lowest BCUT2D eigenvalue weighted by molar-refractivity contribution is 0.657. The van der Waals surface area contributed by atoms with Crippen molar-refractivity contribution in [3.8, 4) is 21.6 Å². The molecule has 0 radical (unpaired) electrons. The van der Waals surface area contributed by atoms with Gasteiger partial charge in [0, 0.05) is 47.9 Å². The van der Waals surface area contributed by atoms with Gasteiger partial charge in [-0.05, 0) is 35.9 Å². The van der Waals surface area contributed by atoms with Crippen molar-refractivity contribution in [2.75, 3.05) is 29.6 Å². The molecule has 1 aliphatic heterocycles. The molecule has 5 heterocycles. The van der Waals surface area contributed by atoms with Gasteiger partial charge in [-0.25, -0.2) is 0 Å². The van der Waals surface area contributed by atoms with Gasteiger partial charge in [-0.1, -0.05) is 6.07 Å². The molecule has 0 aliphatic carbocycles.